The van der Waals surface area contributed by atoms with Crippen molar-refractivity contribution in [1.82, 2.24) is 15.5 Å². The second kappa shape index (κ2) is 11.3. The molecule has 0 saturated carbocycles. The minimum absolute atomic E-state index is 0.00649. The van der Waals surface area contributed by atoms with E-state index in [1.807, 2.05) is 31.2 Å². The lowest BCUT2D eigenvalue weighted by molar-refractivity contribution is -0.117. The number of hydrogen-bond acceptors (Lipinski definition) is 4. The lowest BCUT2D eigenvalue weighted by Crippen LogP contribution is -2.48. The third kappa shape index (κ3) is 6.31. The van der Waals surface area contributed by atoms with Crippen LogP contribution < -0.4 is 16.4 Å². The molecule has 1 heterocycles. The normalized spacial score (nSPS) is 16.5. The predicted octanol–water partition coefficient (Wildman–Crippen LogP) is 1.75. The Morgan fingerprint density at radius 3 is 2.59 bits per heavy atom. The van der Waals surface area contributed by atoms with Gasteiger partial charge in [0.25, 0.3) is 5.91 Å². The van der Waals surface area contributed by atoms with Crippen LogP contribution in [-0.4, -0.2) is 55.5 Å². The summed E-state index contributed by atoms with van der Waals surface area (Å²) in [6.07, 6.45) is 0.00649. The molecule has 1 saturated heterocycles. The number of morpholine rings is 1. The molecule has 0 bridgehead atoms. The molecule has 3 rings (SSSR count). The third-order valence-electron chi connectivity index (χ3n) is 5.29. The van der Waals surface area contributed by atoms with Crippen LogP contribution in [0.4, 0.5) is 0 Å². The molecule has 0 spiro atoms. The fraction of sp³-hybridized carbons (Fsp3) is 0.375. The van der Waals surface area contributed by atoms with Gasteiger partial charge in [0.2, 0.25) is 5.91 Å². The van der Waals surface area contributed by atoms with Gasteiger partial charge in [-0.05, 0) is 42.7 Å². The van der Waals surface area contributed by atoms with Gasteiger partial charge in [0.1, 0.15) is 6.10 Å². The smallest absolute Gasteiger partial charge is 0.251 e. The zero-order chi connectivity index (χ0) is 22.9. The number of rotatable bonds is 7. The van der Waals surface area contributed by atoms with Crippen molar-refractivity contribution in [2.75, 3.05) is 32.8 Å². The number of benzene rings is 2. The summed E-state index contributed by atoms with van der Waals surface area (Å²) in [5.41, 5.74) is 8.94. The fourth-order valence-electron chi connectivity index (χ4n) is 3.60. The number of guanidine groups is 1. The molecule has 2 aromatic rings. The van der Waals surface area contributed by atoms with Crippen LogP contribution in [0.2, 0.25) is 0 Å². The predicted molar refractivity (Wildman–Crippen MR) is 124 cm³/mol. The summed E-state index contributed by atoms with van der Waals surface area (Å²) < 4.78 is 6.05. The van der Waals surface area contributed by atoms with Crippen LogP contribution in [0.25, 0.3) is 0 Å². The Hall–Kier alpha value is -3.39. The molecule has 4 N–H and O–H groups in total. The Morgan fingerprint density at radius 1 is 1.16 bits per heavy atom. The molecule has 1 aliphatic rings. The monoisotopic (exact) mass is 437 g/mol. The highest BCUT2D eigenvalue weighted by Crippen LogP contribution is 2.25. The molecule has 1 aliphatic heterocycles. The van der Waals surface area contributed by atoms with Crippen LogP contribution >= 0.6 is 0 Å². The molecule has 8 nitrogen and oxygen atoms in total. The van der Waals surface area contributed by atoms with Crippen molar-refractivity contribution in [3.63, 3.8) is 0 Å². The van der Waals surface area contributed by atoms with Gasteiger partial charge in [-0.15, -0.1) is 0 Å². The molecule has 32 heavy (non-hydrogen) atoms. The summed E-state index contributed by atoms with van der Waals surface area (Å²) in [6.45, 7) is 7.37. The minimum atomic E-state index is -0.576. The van der Waals surface area contributed by atoms with E-state index in [4.69, 9.17) is 15.5 Å². The summed E-state index contributed by atoms with van der Waals surface area (Å²) in [4.78, 5) is 29.9. The number of amides is 2. The van der Waals surface area contributed by atoms with Crippen molar-refractivity contribution in [3.8, 4) is 0 Å². The van der Waals surface area contributed by atoms with Gasteiger partial charge in [-0.3, -0.25) is 9.59 Å². The number of carbonyl (C=O) groups excluding carboxylic acids is 2. The van der Waals surface area contributed by atoms with Crippen LogP contribution in [0.1, 0.15) is 40.1 Å². The molecule has 0 radical (unpaired) electrons. The largest absolute Gasteiger partial charge is 0.370 e. The van der Waals surface area contributed by atoms with Crippen LogP contribution in [0.15, 0.2) is 53.5 Å². The van der Waals surface area contributed by atoms with Crippen molar-refractivity contribution in [2.24, 2.45) is 10.7 Å². The molecular weight excluding hydrogens is 406 g/mol. The van der Waals surface area contributed by atoms with Crippen molar-refractivity contribution in [3.05, 3.63) is 70.8 Å². The molecule has 1 unspecified atom stereocenters. The number of aliphatic imine (C=N–C) groups is 1. The Morgan fingerprint density at radius 2 is 1.91 bits per heavy atom. The Kier molecular flexibility index (Phi) is 8.21. The van der Waals surface area contributed by atoms with E-state index >= 15 is 0 Å². The standard InChI is InChI=1S/C24H31N5O3/c1-3-26-24(29-12-13-32-21(16-29)20-7-5-4-6-17(20)2)28-14-18-8-10-19(11-9-18)23(31)27-15-22(25)30/h4-11,21H,3,12-16H2,1-2H3,(H2,25,30)(H,26,28)(H,27,31). The number of nitrogens with one attached hydrogen (secondary N) is 2. The lowest BCUT2D eigenvalue weighted by atomic mass is 10.0. The average molecular weight is 438 g/mol. The van der Waals surface area contributed by atoms with E-state index in [1.54, 1.807) is 12.1 Å². The number of hydrogen-bond donors (Lipinski definition) is 3. The van der Waals surface area contributed by atoms with Crippen molar-refractivity contribution < 1.29 is 14.3 Å². The van der Waals surface area contributed by atoms with E-state index in [0.29, 0.717) is 18.7 Å². The van der Waals surface area contributed by atoms with E-state index in [2.05, 4.69) is 34.6 Å². The maximum absolute atomic E-state index is 12.0. The van der Waals surface area contributed by atoms with E-state index < -0.39 is 5.91 Å². The fourth-order valence-corrected chi connectivity index (χ4v) is 3.60. The van der Waals surface area contributed by atoms with Gasteiger partial charge in [-0.1, -0.05) is 36.4 Å². The topological polar surface area (TPSA) is 109 Å². The van der Waals surface area contributed by atoms with Gasteiger partial charge in [0, 0.05) is 18.7 Å². The third-order valence-corrected chi connectivity index (χ3v) is 5.29. The van der Waals surface area contributed by atoms with E-state index in [1.165, 1.54) is 11.1 Å². The zero-order valence-corrected chi connectivity index (χ0v) is 18.6. The Balaban J connectivity index is 1.66. The summed E-state index contributed by atoms with van der Waals surface area (Å²) in [5, 5.41) is 5.86. The molecule has 2 aromatic carbocycles. The van der Waals surface area contributed by atoms with E-state index in [0.717, 1.165) is 31.2 Å². The van der Waals surface area contributed by atoms with Crippen LogP contribution in [0, 0.1) is 6.92 Å². The van der Waals surface area contributed by atoms with Crippen molar-refractivity contribution >= 4 is 17.8 Å². The number of carbonyl (C=O) groups is 2. The van der Waals surface area contributed by atoms with Gasteiger partial charge in [-0.25, -0.2) is 4.99 Å². The average Bonchev–Trinajstić information content (AvgIpc) is 2.81. The van der Waals surface area contributed by atoms with Crippen LogP contribution in [-0.2, 0) is 16.1 Å². The molecular formula is C24H31N5O3. The number of aryl methyl sites for hydroxylation is 1. The first kappa shape index (κ1) is 23.3. The van der Waals surface area contributed by atoms with E-state index in [-0.39, 0.29) is 18.6 Å². The quantitative estimate of drug-likeness (QED) is 0.452. The maximum atomic E-state index is 12.0. The van der Waals surface area contributed by atoms with Crippen LogP contribution in [0.3, 0.4) is 0 Å². The number of nitrogens with two attached hydrogens (primary N) is 1. The van der Waals surface area contributed by atoms with Gasteiger partial charge >= 0.3 is 0 Å². The second-order valence-electron chi connectivity index (χ2n) is 7.68. The highest BCUT2D eigenvalue weighted by molar-refractivity contribution is 5.96. The van der Waals surface area contributed by atoms with Gasteiger partial charge in [-0.2, -0.15) is 0 Å². The summed E-state index contributed by atoms with van der Waals surface area (Å²) in [6, 6.07) is 15.5. The van der Waals surface area contributed by atoms with Crippen molar-refractivity contribution in [2.45, 2.75) is 26.5 Å². The summed E-state index contributed by atoms with van der Waals surface area (Å²) in [7, 11) is 0. The summed E-state index contributed by atoms with van der Waals surface area (Å²) >= 11 is 0. The van der Waals surface area contributed by atoms with Crippen molar-refractivity contribution in [1.29, 1.82) is 0 Å². The molecule has 2 amide bonds. The van der Waals surface area contributed by atoms with Crippen LogP contribution in [0.5, 0.6) is 0 Å². The lowest BCUT2D eigenvalue weighted by Gasteiger charge is -2.35. The molecule has 8 heteroatoms. The molecule has 0 aliphatic carbocycles. The first-order valence-electron chi connectivity index (χ1n) is 10.8. The zero-order valence-electron chi connectivity index (χ0n) is 18.6. The Bertz CT molecular complexity index is 958. The number of primary amides is 1. The Labute approximate surface area is 188 Å². The summed E-state index contributed by atoms with van der Waals surface area (Å²) in [5.74, 6) is -0.0616. The van der Waals surface area contributed by atoms with Gasteiger partial charge in [0.05, 0.1) is 26.2 Å². The molecule has 0 aromatic heterocycles. The SMILES string of the molecule is CCNC(=NCc1ccc(C(=O)NCC(N)=O)cc1)N1CCOC(c2ccccc2C)C1. The number of nitrogens with zero attached hydrogens (tertiary/aromatic N) is 2. The minimum Gasteiger partial charge on any atom is -0.370 e. The number of ether oxygens (including phenoxy) is 1. The first-order valence-corrected chi connectivity index (χ1v) is 10.8. The van der Waals surface area contributed by atoms with Gasteiger partial charge < -0.3 is 26.0 Å². The second-order valence-corrected chi connectivity index (χ2v) is 7.68. The first-order chi connectivity index (χ1) is 15.5. The van der Waals surface area contributed by atoms with E-state index in [9.17, 15) is 9.59 Å². The highest BCUT2D eigenvalue weighted by Gasteiger charge is 2.25. The highest BCUT2D eigenvalue weighted by atomic mass is 16.5. The maximum Gasteiger partial charge on any atom is 0.251 e. The van der Waals surface area contributed by atoms with Gasteiger partial charge in [0.15, 0.2) is 5.96 Å². The molecule has 1 fully saturated rings. The molecule has 170 valence electrons. The molecule has 1 atom stereocenters.